The highest BCUT2D eigenvalue weighted by Crippen LogP contribution is 2.29. The SMILES string of the molecule is CCn1c(CSC(C)C)cc2cccc(Br)c21. The zero-order valence-corrected chi connectivity index (χ0v) is 12.9. The highest BCUT2D eigenvalue weighted by molar-refractivity contribution is 9.10. The normalized spacial score (nSPS) is 11.6. The number of aromatic nitrogens is 1. The van der Waals surface area contributed by atoms with E-state index in [4.69, 9.17) is 0 Å². The molecule has 3 heteroatoms. The molecule has 0 N–H and O–H groups in total. The molecule has 2 rings (SSSR count). The van der Waals surface area contributed by atoms with Gasteiger partial charge >= 0.3 is 0 Å². The summed E-state index contributed by atoms with van der Waals surface area (Å²) in [6.45, 7) is 7.74. The molecule has 1 heterocycles. The molecule has 0 saturated heterocycles. The summed E-state index contributed by atoms with van der Waals surface area (Å²) in [4.78, 5) is 0. The van der Waals surface area contributed by atoms with Crippen LogP contribution in [0.1, 0.15) is 26.5 Å². The minimum Gasteiger partial charge on any atom is -0.343 e. The van der Waals surface area contributed by atoms with E-state index in [1.807, 2.05) is 11.8 Å². The van der Waals surface area contributed by atoms with Crippen molar-refractivity contribution in [2.24, 2.45) is 0 Å². The summed E-state index contributed by atoms with van der Waals surface area (Å²) in [6, 6.07) is 8.73. The molecule has 0 aliphatic carbocycles. The van der Waals surface area contributed by atoms with E-state index in [0.717, 1.165) is 12.3 Å². The van der Waals surface area contributed by atoms with Gasteiger partial charge in [0.25, 0.3) is 0 Å². The minimum atomic E-state index is 0.682. The van der Waals surface area contributed by atoms with Crippen molar-refractivity contribution in [3.63, 3.8) is 0 Å². The van der Waals surface area contributed by atoms with Gasteiger partial charge in [-0.2, -0.15) is 11.8 Å². The lowest BCUT2D eigenvalue weighted by Crippen LogP contribution is -2.00. The van der Waals surface area contributed by atoms with Crippen LogP contribution in [0.25, 0.3) is 10.9 Å². The van der Waals surface area contributed by atoms with Crippen LogP contribution in [-0.4, -0.2) is 9.82 Å². The molecular formula is C14H18BrNS. The second-order valence-corrected chi connectivity index (χ2v) is 6.84. The van der Waals surface area contributed by atoms with E-state index in [1.54, 1.807) is 0 Å². The Balaban J connectivity index is 2.45. The quantitative estimate of drug-likeness (QED) is 0.763. The summed E-state index contributed by atoms with van der Waals surface area (Å²) in [6.07, 6.45) is 0. The molecule has 2 aromatic rings. The summed E-state index contributed by atoms with van der Waals surface area (Å²) in [7, 11) is 0. The van der Waals surface area contributed by atoms with Crippen molar-refractivity contribution < 1.29 is 0 Å². The molecule has 0 unspecified atom stereocenters. The zero-order chi connectivity index (χ0) is 12.4. The Morgan fingerprint density at radius 3 is 2.76 bits per heavy atom. The average Bonchev–Trinajstić information content (AvgIpc) is 2.65. The first-order valence-electron chi connectivity index (χ1n) is 6.01. The van der Waals surface area contributed by atoms with Crippen LogP contribution in [0.2, 0.25) is 0 Å². The molecule has 17 heavy (non-hydrogen) atoms. The summed E-state index contributed by atoms with van der Waals surface area (Å²) in [5.74, 6) is 1.09. The van der Waals surface area contributed by atoms with Crippen LogP contribution >= 0.6 is 27.7 Å². The van der Waals surface area contributed by atoms with E-state index in [1.165, 1.54) is 21.1 Å². The average molecular weight is 312 g/mol. The number of nitrogens with zero attached hydrogens (tertiary/aromatic N) is 1. The summed E-state index contributed by atoms with van der Waals surface area (Å²) in [5, 5.41) is 2.02. The molecule has 0 amide bonds. The van der Waals surface area contributed by atoms with Gasteiger partial charge < -0.3 is 4.57 Å². The molecule has 1 aromatic heterocycles. The number of hydrogen-bond acceptors (Lipinski definition) is 1. The maximum Gasteiger partial charge on any atom is 0.0627 e. The van der Waals surface area contributed by atoms with E-state index < -0.39 is 0 Å². The fourth-order valence-corrected chi connectivity index (χ4v) is 3.41. The second-order valence-electron chi connectivity index (χ2n) is 4.42. The van der Waals surface area contributed by atoms with Crippen molar-refractivity contribution in [3.05, 3.63) is 34.4 Å². The van der Waals surface area contributed by atoms with Crippen LogP contribution < -0.4 is 0 Å². The number of hydrogen-bond donors (Lipinski definition) is 0. The molecular weight excluding hydrogens is 294 g/mol. The zero-order valence-electron chi connectivity index (χ0n) is 10.5. The molecule has 0 saturated carbocycles. The number of benzene rings is 1. The van der Waals surface area contributed by atoms with Crippen molar-refractivity contribution >= 4 is 38.6 Å². The van der Waals surface area contributed by atoms with E-state index in [-0.39, 0.29) is 0 Å². The van der Waals surface area contributed by atoms with Gasteiger partial charge in [-0.25, -0.2) is 0 Å². The van der Waals surface area contributed by atoms with Crippen LogP contribution in [0.3, 0.4) is 0 Å². The number of aryl methyl sites for hydroxylation is 1. The first-order valence-corrected chi connectivity index (χ1v) is 7.86. The smallest absolute Gasteiger partial charge is 0.0627 e. The van der Waals surface area contributed by atoms with Gasteiger partial charge in [0.15, 0.2) is 0 Å². The van der Waals surface area contributed by atoms with Gasteiger partial charge in [-0.3, -0.25) is 0 Å². The van der Waals surface area contributed by atoms with E-state index in [0.29, 0.717) is 5.25 Å². The van der Waals surface area contributed by atoms with Gasteiger partial charge in [0.05, 0.1) is 5.52 Å². The lowest BCUT2D eigenvalue weighted by molar-refractivity contribution is 0.764. The van der Waals surface area contributed by atoms with Crippen molar-refractivity contribution in [2.75, 3.05) is 0 Å². The number of para-hydroxylation sites is 1. The fraction of sp³-hybridized carbons (Fsp3) is 0.429. The lowest BCUT2D eigenvalue weighted by Gasteiger charge is -2.10. The first kappa shape index (κ1) is 13.0. The van der Waals surface area contributed by atoms with Crippen LogP contribution in [0.5, 0.6) is 0 Å². The Labute approximate surface area is 116 Å². The predicted molar refractivity (Wildman–Crippen MR) is 81.7 cm³/mol. The molecule has 1 aromatic carbocycles. The van der Waals surface area contributed by atoms with Gasteiger partial charge in [0.1, 0.15) is 0 Å². The van der Waals surface area contributed by atoms with Crippen molar-refractivity contribution in [1.29, 1.82) is 0 Å². The Hall–Kier alpha value is -0.410. The highest BCUT2D eigenvalue weighted by Gasteiger charge is 2.10. The van der Waals surface area contributed by atoms with Crippen molar-refractivity contribution in [3.8, 4) is 0 Å². The van der Waals surface area contributed by atoms with Gasteiger partial charge in [0, 0.05) is 27.9 Å². The topological polar surface area (TPSA) is 4.93 Å². The largest absolute Gasteiger partial charge is 0.343 e. The summed E-state index contributed by atoms with van der Waals surface area (Å²) < 4.78 is 3.60. The third kappa shape index (κ3) is 2.71. The van der Waals surface area contributed by atoms with Crippen LogP contribution in [0.15, 0.2) is 28.7 Å². The molecule has 0 atom stereocenters. The lowest BCUT2D eigenvalue weighted by atomic mass is 10.2. The third-order valence-electron chi connectivity index (χ3n) is 2.84. The van der Waals surface area contributed by atoms with E-state index >= 15 is 0 Å². The minimum absolute atomic E-state index is 0.682. The number of rotatable bonds is 4. The van der Waals surface area contributed by atoms with Crippen LogP contribution in [0, 0.1) is 0 Å². The van der Waals surface area contributed by atoms with Crippen molar-refractivity contribution in [2.45, 2.75) is 38.3 Å². The number of fused-ring (bicyclic) bond motifs is 1. The standard InChI is InChI=1S/C14H18BrNS/c1-4-16-12(9-17-10(2)3)8-11-6-5-7-13(15)14(11)16/h5-8,10H,4,9H2,1-3H3. The molecule has 0 fully saturated rings. The third-order valence-corrected chi connectivity index (χ3v) is 4.61. The Bertz CT molecular complexity index is 516. The molecule has 92 valence electrons. The van der Waals surface area contributed by atoms with Crippen molar-refractivity contribution in [1.82, 2.24) is 4.57 Å². The van der Waals surface area contributed by atoms with Gasteiger partial charge in [-0.15, -0.1) is 0 Å². The van der Waals surface area contributed by atoms with Crippen LogP contribution in [0.4, 0.5) is 0 Å². The predicted octanol–water partition coefficient (Wildman–Crippen LogP) is 5.07. The maximum atomic E-state index is 3.65. The second kappa shape index (κ2) is 5.49. The molecule has 0 bridgehead atoms. The molecule has 0 radical (unpaired) electrons. The molecule has 0 aliphatic rings. The summed E-state index contributed by atoms with van der Waals surface area (Å²) >= 11 is 5.65. The highest BCUT2D eigenvalue weighted by atomic mass is 79.9. The Kier molecular flexibility index (Phi) is 4.21. The maximum absolute atomic E-state index is 3.65. The van der Waals surface area contributed by atoms with Gasteiger partial charge in [0.2, 0.25) is 0 Å². The monoisotopic (exact) mass is 311 g/mol. The van der Waals surface area contributed by atoms with Crippen LogP contribution in [-0.2, 0) is 12.3 Å². The fourth-order valence-electron chi connectivity index (χ4n) is 2.07. The van der Waals surface area contributed by atoms with Gasteiger partial charge in [-0.05, 0) is 40.2 Å². The Morgan fingerprint density at radius 1 is 1.35 bits per heavy atom. The van der Waals surface area contributed by atoms with E-state index in [9.17, 15) is 0 Å². The van der Waals surface area contributed by atoms with Gasteiger partial charge in [-0.1, -0.05) is 26.0 Å². The first-order chi connectivity index (χ1) is 8.13. The molecule has 0 aliphatic heterocycles. The number of halogens is 1. The summed E-state index contributed by atoms with van der Waals surface area (Å²) in [5.41, 5.74) is 2.75. The molecule has 1 nitrogen and oxygen atoms in total. The van der Waals surface area contributed by atoms with E-state index in [2.05, 4.69) is 65.5 Å². The Morgan fingerprint density at radius 2 is 2.12 bits per heavy atom. The molecule has 0 spiro atoms. The number of thioether (sulfide) groups is 1.